The molecule has 82 valence electrons. The van der Waals surface area contributed by atoms with E-state index in [1.54, 1.807) is 0 Å². The highest BCUT2D eigenvalue weighted by Crippen LogP contribution is 2.27. The van der Waals surface area contributed by atoms with Crippen LogP contribution < -0.4 is 0 Å². The van der Waals surface area contributed by atoms with Gasteiger partial charge in [0.15, 0.2) is 0 Å². The summed E-state index contributed by atoms with van der Waals surface area (Å²) in [6.45, 7) is 2.30. The van der Waals surface area contributed by atoms with Gasteiger partial charge in [-0.05, 0) is 26.9 Å². The Morgan fingerprint density at radius 1 is 1.14 bits per heavy atom. The van der Waals surface area contributed by atoms with Crippen LogP contribution in [0.5, 0.6) is 0 Å². The van der Waals surface area contributed by atoms with E-state index >= 15 is 0 Å². The average molecular weight is 198 g/mol. The Kier molecular flexibility index (Phi) is 3.10. The molecule has 1 saturated heterocycles. The van der Waals surface area contributed by atoms with Gasteiger partial charge in [-0.2, -0.15) is 0 Å². The summed E-state index contributed by atoms with van der Waals surface area (Å²) in [7, 11) is 4.28. The van der Waals surface area contributed by atoms with Crippen LogP contribution in [-0.4, -0.2) is 60.3 Å². The molecule has 0 unspecified atom stereocenters. The smallest absolute Gasteiger partial charge is 0.0695 e. The van der Waals surface area contributed by atoms with Crippen LogP contribution in [0.4, 0.5) is 0 Å². The van der Waals surface area contributed by atoms with E-state index in [1.807, 2.05) is 0 Å². The minimum Gasteiger partial charge on any atom is -0.391 e. The quantitative estimate of drug-likeness (QED) is 0.701. The van der Waals surface area contributed by atoms with E-state index in [0.717, 1.165) is 19.5 Å². The van der Waals surface area contributed by atoms with E-state index in [1.165, 1.54) is 19.3 Å². The number of aliphatic hydroxyl groups is 1. The molecule has 2 rings (SSSR count). The fourth-order valence-corrected chi connectivity index (χ4v) is 2.60. The second kappa shape index (κ2) is 4.17. The largest absolute Gasteiger partial charge is 0.391 e. The summed E-state index contributed by atoms with van der Waals surface area (Å²) in [5.41, 5.74) is 0. The van der Waals surface area contributed by atoms with Gasteiger partial charge >= 0.3 is 0 Å². The molecule has 0 bridgehead atoms. The topological polar surface area (TPSA) is 26.7 Å². The lowest BCUT2D eigenvalue weighted by Crippen LogP contribution is -2.63. The van der Waals surface area contributed by atoms with Gasteiger partial charge in [0.25, 0.3) is 0 Å². The Morgan fingerprint density at radius 2 is 1.79 bits per heavy atom. The van der Waals surface area contributed by atoms with Crippen molar-refractivity contribution < 1.29 is 5.11 Å². The number of hydrogen-bond acceptors (Lipinski definition) is 3. The Morgan fingerprint density at radius 3 is 2.36 bits per heavy atom. The molecule has 0 spiro atoms. The lowest BCUT2D eigenvalue weighted by atomic mass is 9.88. The summed E-state index contributed by atoms with van der Waals surface area (Å²) < 4.78 is 0. The van der Waals surface area contributed by atoms with Gasteiger partial charge in [-0.15, -0.1) is 0 Å². The zero-order valence-corrected chi connectivity index (χ0v) is 9.32. The summed E-state index contributed by atoms with van der Waals surface area (Å²) in [6.07, 6.45) is 4.65. The third-order valence-corrected chi connectivity index (χ3v) is 3.78. The molecule has 1 aliphatic carbocycles. The number of nitrogens with zero attached hydrogens (tertiary/aromatic N) is 2. The molecule has 1 saturated carbocycles. The molecule has 0 radical (unpaired) electrons. The summed E-state index contributed by atoms with van der Waals surface area (Å²) in [5.74, 6) is 0. The molecule has 0 aromatic heterocycles. The van der Waals surface area contributed by atoms with Crippen LogP contribution in [0.15, 0.2) is 0 Å². The number of likely N-dealkylation sites (N-methyl/N-ethyl adjacent to an activating group) is 1. The van der Waals surface area contributed by atoms with Crippen LogP contribution in [-0.2, 0) is 0 Å². The molecule has 1 N–H and O–H groups in total. The van der Waals surface area contributed by atoms with E-state index in [4.69, 9.17) is 0 Å². The Hall–Kier alpha value is -0.120. The van der Waals surface area contributed by atoms with Crippen molar-refractivity contribution in [3.63, 3.8) is 0 Å². The number of aliphatic hydroxyl groups excluding tert-OH is 1. The van der Waals surface area contributed by atoms with Crippen LogP contribution >= 0.6 is 0 Å². The third-order valence-electron chi connectivity index (χ3n) is 3.78. The highest BCUT2D eigenvalue weighted by molar-refractivity contribution is 4.93. The van der Waals surface area contributed by atoms with Crippen LogP contribution in [0.2, 0.25) is 0 Å². The first-order valence-corrected chi connectivity index (χ1v) is 5.77. The van der Waals surface area contributed by atoms with Crippen molar-refractivity contribution >= 4 is 0 Å². The van der Waals surface area contributed by atoms with E-state index < -0.39 is 0 Å². The third kappa shape index (κ3) is 1.95. The molecule has 1 heterocycles. The maximum Gasteiger partial charge on any atom is 0.0695 e. The average Bonchev–Trinajstić information content (AvgIpc) is 2.05. The SMILES string of the molecule is CN(C)C1CN([C@@H]2CCCC[C@H]2O)C1. The Labute approximate surface area is 86.7 Å². The minimum absolute atomic E-state index is 0.0631. The number of likely N-dealkylation sites (tertiary alicyclic amines) is 1. The Balaban J connectivity index is 1.80. The van der Waals surface area contributed by atoms with Crippen LogP contribution in [0.25, 0.3) is 0 Å². The molecule has 2 fully saturated rings. The lowest BCUT2D eigenvalue weighted by molar-refractivity contribution is -0.0438. The van der Waals surface area contributed by atoms with Crippen molar-refractivity contribution in [3.8, 4) is 0 Å². The van der Waals surface area contributed by atoms with Gasteiger partial charge in [-0.25, -0.2) is 0 Å². The molecule has 0 aromatic carbocycles. The van der Waals surface area contributed by atoms with Gasteiger partial charge in [0.05, 0.1) is 6.10 Å². The predicted octanol–water partition coefficient (Wildman–Crippen LogP) is 0.536. The van der Waals surface area contributed by atoms with E-state index in [9.17, 15) is 5.11 Å². The van der Waals surface area contributed by atoms with Crippen molar-refractivity contribution in [2.75, 3.05) is 27.2 Å². The molecular weight excluding hydrogens is 176 g/mol. The van der Waals surface area contributed by atoms with Crippen molar-refractivity contribution in [1.29, 1.82) is 0 Å². The summed E-state index contributed by atoms with van der Waals surface area (Å²) in [4.78, 5) is 4.74. The van der Waals surface area contributed by atoms with Crippen molar-refractivity contribution in [3.05, 3.63) is 0 Å². The first-order chi connectivity index (χ1) is 6.68. The molecule has 0 aromatic rings. The minimum atomic E-state index is -0.0631. The second-order valence-corrected chi connectivity index (χ2v) is 4.99. The maximum atomic E-state index is 9.87. The van der Waals surface area contributed by atoms with E-state index in [0.29, 0.717) is 12.1 Å². The van der Waals surface area contributed by atoms with E-state index in [-0.39, 0.29) is 6.10 Å². The molecule has 14 heavy (non-hydrogen) atoms. The first-order valence-electron chi connectivity index (χ1n) is 5.77. The molecule has 3 heteroatoms. The van der Waals surface area contributed by atoms with Gasteiger partial charge in [-0.1, -0.05) is 12.8 Å². The zero-order valence-electron chi connectivity index (χ0n) is 9.32. The molecule has 2 aliphatic rings. The fraction of sp³-hybridized carbons (Fsp3) is 1.00. The van der Waals surface area contributed by atoms with Crippen molar-refractivity contribution in [1.82, 2.24) is 9.80 Å². The van der Waals surface area contributed by atoms with Gasteiger partial charge < -0.3 is 10.0 Å². The molecule has 2 atom stereocenters. The second-order valence-electron chi connectivity index (χ2n) is 4.99. The molecule has 1 aliphatic heterocycles. The normalized spacial score (nSPS) is 36.0. The standard InChI is InChI=1S/C11H22N2O/c1-12(2)9-7-13(8-9)10-5-3-4-6-11(10)14/h9-11,14H,3-8H2,1-2H3/t10-,11-/m1/s1. The van der Waals surface area contributed by atoms with Gasteiger partial charge in [0.1, 0.15) is 0 Å². The van der Waals surface area contributed by atoms with Crippen molar-refractivity contribution in [2.24, 2.45) is 0 Å². The monoisotopic (exact) mass is 198 g/mol. The predicted molar refractivity (Wildman–Crippen MR) is 57.3 cm³/mol. The van der Waals surface area contributed by atoms with Crippen LogP contribution in [0, 0.1) is 0 Å². The summed E-state index contributed by atoms with van der Waals surface area (Å²) >= 11 is 0. The fourth-order valence-electron chi connectivity index (χ4n) is 2.60. The van der Waals surface area contributed by atoms with Crippen LogP contribution in [0.3, 0.4) is 0 Å². The summed E-state index contributed by atoms with van der Waals surface area (Å²) in [6, 6.07) is 1.17. The van der Waals surface area contributed by atoms with Gasteiger partial charge in [-0.3, -0.25) is 4.90 Å². The van der Waals surface area contributed by atoms with E-state index in [2.05, 4.69) is 23.9 Å². The molecule has 0 amide bonds. The highest BCUT2D eigenvalue weighted by Gasteiger charge is 2.37. The molecular formula is C11H22N2O. The first kappa shape index (κ1) is 10.4. The Bertz CT molecular complexity index is 190. The number of rotatable bonds is 2. The highest BCUT2D eigenvalue weighted by atomic mass is 16.3. The lowest BCUT2D eigenvalue weighted by Gasteiger charge is -2.49. The van der Waals surface area contributed by atoms with Gasteiger partial charge in [0.2, 0.25) is 0 Å². The summed E-state index contributed by atoms with van der Waals surface area (Å²) in [5, 5.41) is 9.87. The zero-order chi connectivity index (χ0) is 10.1. The maximum absolute atomic E-state index is 9.87. The van der Waals surface area contributed by atoms with Crippen LogP contribution in [0.1, 0.15) is 25.7 Å². The number of hydrogen-bond donors (Lipinski definition) is 1. The van der Waals surface area contributed by atoms with Crippen molar-refractivity contribution in [2.45, 2.75) is 43.9 Å². The molecule has 3 nitrogen and oxygen atoms in total. The van der Waals surface area contributed by atoms with Gasteiger partial charge in [0, 0.05) is 25.2 Å².